The molecule has 1 aliphatic heterocycles. The molecular weight excluding hydrogens is 449 g/mol. The molecule has 2 aromatic carbocycles. The number of nitrogen functional groups attached to an aromatic ring is 1. The molecule has 0 saturated heterocycles. The van der Waals surface area contributed by atoms with Gasteiger partial charge in [-0.25, -0.2) is 0 Å². The Morgan fingerprint density at radius 2 is 1.88 bits per heavy atom. The van der Waals surface area contributed by atoms with Crippen LogP contribution in [0.3, 0.4) is 0 Å². The van der Waals surface area contributed by atoms with E-state index in [1.807, 2.05) is 0 Å². The summed E-state index contributed by atoms with van der Waals surface area (Å²) in [6, 6.07) is 6.83. The lowest BCUT2D eigenvalue weighted by atomic mass is 9.84. The third-order valence-corrected chi connectivity index (χ3v) is 5.96. The number of aromatic nitrogens is 1. The SMILES string of the molecule is COC(OC)[C@]1(C)Oc2ccc(N)cc2[C@H](n2c(=S)oc3ccc(C(F)(F)F)cc32)[C@H]1O. The van der Waals surface area contributed by atoms with Crippen LogP contribution in [0.5, 0.6) is 5.75 Å². The molecular formula is C21H21F3N2O5S. The van der Waals surface area contributed by atoms with Crippen molar-refractivity contribution in [3.05, 3.63) is 52.4 Å². The average molecular weight is 470 g/mol. The zero-order valence-electron chi connectivity index (χ0n) is 17.3. The van der Waals surface area contributed by atoms with Gasteiger partial charge in [0.25, 0.3) is 4.84 Å². The lowest BCUT2D eigenvalue weighted by Crippen LogP contribution is -2.60. The molecule has 0 aliphatic carbocycles. The maximum absolute atomic E-state index is 13.4. The third-order valence-electron chi connectivity index (χ3n) is 5.68. The molecule has 32 heavy (non-hydrogen) atoms. The topological polar surface area (TPSA) is 92.0 Å². The molecule has 0 unspecified atom stereocenters. The molecule has 1 aromatic heterocycles. The Morgan fingerprint density at radius 3 is 2.50 bits per heavy atom. The van der Waals surface area contributed by atoms with Crippen LogP contribution in [0.25, 0.3) is 11.1 Å². The highest BCUT2D eigenvalue weighted by atomic mass is 32.1. The van der Waals surface area contributed by atoms with Gasteiger partial charge in [-0.15, -0.1) is 0 Å². The number of hydrogen-bond donors (Lipinski definition) is 2. The van der Waals surface area contributed by atoms with Gasteiger partial charge in [-0.3, -0.25) is 4.57 Å². The Kier molecular flexibility index (Phi) is 5.48. The number of methoxy groups -OCH3 is 2. The van der Waals surface area contributed by atoms with E-state index in [9.17, 15) is 18.3 Å². The van der Waals surface area contributed by atoms with Gasteiger partial charge in [0.1, 0.15) is 11.9 Å². The Labute approximate surface area is 186 Å². The molecule has 4 rings (SSSR count). The molecule has 0 bridgehead atoms. The fourth-order valence-corrected chi connectivity index (χ4v) is 4.48. The number of aliphatic hydroxyl groups is 1. The van der Waals surface area contributed by atoms with Crippen LogP contribution in [0.1, 0.15) is 24.1 Å². The van der Waals surface area contributed by atoms with E-state index in [2.05, 4.69) is 0 Å². The number of ether oxygens (including phenoxy) is 3. The zero-order chi connectivity index (χ0) is 23.4. The number of rotatable bonds is 4. The summed E-state index contributed by atoms with van der Waals surface area (Å²) in [6.07, 6.45) is -6.96. The monoisotopic (exact) mass is 470 g/mol. The second-order valence-corrected chi connectivity index (χ2v) is 8.04. The van der Waals surface area contributed by atoms with Crippen molar-refractivity contribution in [1.29, 1.82) is 0 Å². The van der Waals surface area contributed by atoms with Crippen LogP contribution in [-0.4, -0.2) is 41.9 Å². The molecule has 0 radical (unpaired) electrons. The van der Waals surface area contributed by atoms with E-state index in [1.54, 1.807) is 25.1 Å². The number of nitrogens with two attached hydrogens (primary N) is 1. The number of fused-ring (bicyclic) bond motifs is 2. The number of hydrogen-bond acceptors (Lipinski definition) is 7. The number of benzene rings is 2. The van der Waals surface area contributed by atoms with E-state index < -0.39 is 35.8 Å². The van der Waals surface area contributed by atoms with Gasteiger partial charge in [0, 0.05) is 25.5 Å². The summed E-state index contributed by atoms with van der Waals surface area (Å²) in [5, 5.41) is 11.5. The second-order valence-electron chi connectivity index (χ2n) is 7.69. The van der Waals surface area contributed by atoms with Gasteiger partial charge in [-0.05, 0) is 55.5 Å². The van der Waals surface area contributed by atoms with Crippen molar-refractivity contribution in [1.82, 2.24) is 4.57 Å². The molecule has 11 heteroatoms. The second kappa shape index (κ2) is 7.77. The van der Waals surface area contributed by atoms with Crippen LogP contribution >= 0.6 is 12.2 Å². The van der Waals surface area contributed by atoms with Crippen molar-refractivity contribution in [2.75, 3.05) is 20.0 Å². The molecule has 3 N–H and O–H groups in total. The summed E-state index contributed by atoms with van der Waals surface area (Å²) in [7, 11) is 2.77. The molecule has 3 aromatic rings. The van der Waals surface area contributed by atoms with E-state index in [1.165, 1.54) is 24.9 Å². The van der Waals surface area contributed by atoms with Crippen LogP contribution in [0, 0.1) is 4.84 Å². The number of oxazole rings is 1. The highest BCUT2D eigenvalue weighted by Gasteiger charge is 2.53. The quantitative estimate of drug-likeness (QED) is 0.334. The molecule has 2 heterocycles. The Bertz CT molecular complexity index is 1220. The van der Waals surface area contributed by atoms with Crippen molar-refractivity contribution in [2.45, 2.75) is 37.1 Å². The highest BCUT2D eigenvalue weighted by molar-refractivity contribution is 7.71. The summed E-state index contributed by atoms with van der Waals surface area (Å²) in [5.74, 6) is 0.347. The van der Waals surface area contributed by atoms with E-state index in [0.717, 1.165) is 12.1 Å². The first kappa shape index (κ1) is 22.6. The van der Waals surface area contributed by atoms with E-state index in [0.29, 0.717) is 17.0 Å². The number of halogens is 3. The first-order chi connectivity index (χ1) is 15.0. The minimum atomic E-state index is -4.58. The van der Waals surface area contributed by atoms with Crippen molar-refractivity contribution in [3.8, 4) is 5.75 Å². The maximum Gasteiger partial charge on any atom is 0.416 e. The highest BCUT2D eigenvalue weighted by Crippen LogP contribution is 2.46. The largest absolute Gasteiger partial charge is 0.479 e. The normalized spacial score (nSPS) is 23.4. The van der Waals surface area contributed by atoms with Crippen LogP contribution in [0.4, 0.5) is 18.9 Å². The Hall–Kier alpha value is -2.60. The number of anilines is 1. The summed E-state index contributed by atoms with van der Waals surface area (Å²) in [5.41, 5.74) is 4.65. The lowest BCUT2D eigenvalue weighted by Gasteiger charge is -2.46. The summed E-state index contributed by atoms with van der Waals surface area (Å²) >= 11 is 5.35. The maximum atomic E-state index is 13.4. The molecule has 0 spiro atoms. The van der Waals surface area contributed by atoms with Crippen molar-refractivity contribution in [2.24, 2.45) is 0 Å². The van der Waals surface area contributed by atoms with Gasteiger partial charge < -0.3 is 29.5 Å². The predicted molar refractivity (Wildman–Crippen MR) is 112 cm³/mol. The van der Waals surface area contributed by atoms with Crippen LogP contribution in [0.2, 0.25) is 0 Å². The van der Waals surface area contributed by atoms with Gasteiger partial charge in [0.15, 0.2) is 17.5 Å². The smallest absolute Gasteiger partial charge is 0.416 e. The molecule has 172 valence electrons. The Balaban J connectivity index is 2.01. The minimum Gasteiger partial charge on any atom is -0.479 e. The van der Waals surface area contributed by atoms with Crippen molar-refractivity contribution >= 4 is 29.0 Å². The number of alkyl halides is 3. The average Bonchev–Trinajstić information content (AvgIpc) is 3.05. The minimum absolute atomic E-state index is 0.0675. The number of nitrogens with zero attached hydrogens (tertiary/aromatic N) is 1. The van der Waals surface area contributed by atoms with Gasteiger partial charge in [0.05, 0.1) is 17.1 Å². The molecule has 3 atom stereocenters. The predicted octanol–water partition coefficient (Wildman–Crippen LogP) is 4.29. The van der Waals surface area contributed by atoms with Gasteiger partial charge in [0.2, 0.25) is 0 Å². The molecule has 7 nitrogen and oxygen atoms in total. The third kappa shape index (κ3) is 3.45. The Morgan fingerprint density at radius 1 is 1.19 bits per heavy atom. The molecule has 1 aliphatic rings. The van der Waals surface area contributed by atoms with E-state index in [-0.39, 0.29) is 15.9 Å². The number of aliphatic hydroxyl groups excluding tert-OH is 1. The summed E-state index contributed by atoms with van der Waals surface area (Å²) < 4.78 is 63.9. The van der Waals surface area contributed by atoms with Crippen molar-refractivity contribution in [3.63, 3.8) is 0 Å². The zero-order valence-corrected chi connectivity index (χ0v) is 18.2. The van der Waals surface area contributed by atoms with Gasteiger partial charge in [-0.2, -0.15) is 13.2 Å². The summed E-state index contributed by atoms with van der Waals surface area (Å²) in [6.45, 7) is 1.58. The fraction of sp³-hybridized carbons (Fsp3) is 0.381. The first-order valence-electron chi connectivity index (χ1n) is 9.55. The fourth-order valence-electron chi connectivity index (χ4n) is 4.18. The van der Waals surface area contributed by atoms with Crippen LogP contribution in [-0.2, 0) is 15.7 Å². The molecule has 0 amide bonds. The standard InChI is InChI=1S/C21H21F3N2O5S/c1-20(18(28-2)29-3)17(27)16(12-9-11(25)5-7-14(12)31-20)26-13-8-10(21(22,23)24)4-6-15(13)30-19(26)32/h4-9,16-18,27H,25H2,1-3H3/t16-,17+,20+/m0/s1. The summed E-state index contributed by atoms with van der Waals surface area (Å²) in [4.78, 5) is -0.118. The molecule has 0 fully saturated rings. The van der Waals surface area contributed by atoms with E-state index in [4.69, 9.17) is 36.6 Å². The van der Waals surface area contributed by atoms with E-state index >= 15 is 0 Å². The van der Waals surface area contributed by atoms with Crippen LogP contribution < -0.4 is 10.5 Å². The van der Waals surface area contributed by atoms with Crippen LogP contribution in [0.15, 0.2) is 40.8 Å². The van der Waals surface area contributed by atoms with Gasteiger partial charge >= 0.3 is 6.18 Å². The first-order valence-corrected chi connectivity index (χ1v) is 9.96. The lowest BCUT2D eigenvalue weighted by molar-refractivity contribution is -0.238. The molecule has 0 saturated carbocycles. The van der Waals surface area contributed by atoms with Gasteiger partial charge in [-0.1, -0.05) is 0 Å². The van der Waals surface area contributed by atoms with Crippen molar-refractivity contribution < 1.29 is 36.9 Å².